The Morgan fingerprint density at radius 1 is 1.18 bits per heavy atom. The molecule has 0 aliphatic rings. The number of nitrogens with zero attached hydrogens (tertiary/aromatic N) is 2. The summed E-state index contributed by atoms with van der Waals surface area (Å²) in [5.74, 6) is -0.785. The summed E-state index contributed by atoms with van der Waals surface area (Å²) in [5.41, 5.74) is 2.15. The lowest BCUT2D eigenvalue weighted by Crippen LogP contribution is -2.37. The van der Waals surface area contributed by atoms with Crippen molar-refractivity contribution in [1.29, 1.82) is 0 Å². The van der Waals surface area contributed by atoms with Gasteiger partial charge in [0.1, 0.15) is 6.04 Å². The van der Waals surface area contributed by atoms with Gasteiger partial charge >= 0.3 is 5.97 Å². The van der Waals surface area contributed by atoms with Crippen LogP contribution in [0.25, 0.3) is 0 Å². The molecule has 0 spiro atoms. The second kappa shape index (κ2) is 5.68. The number of benzene rings is 1. The van der Waals surface area contributed by atoms with Crippen molar-refractivity contribution in [3.8, 4) is 0 Å². The Morgan fingerprint density at radius 3 is 2.06 bits per heavy atom. The standard InChI is InChI=1S/C13H20N2O2/c1-14(2)11-7-5-10(6-8-11)9-12(13(16)17)15(3)4/h5-8,12H,9H2,1-4H3,(H,16,17). The van der Waals surface area contributed by atoms with E-state index in [0.717, 1.165) is 11.3 Å². The molecule has 1 unspecified atom stereocenters. The zero-order valence-electron chi connectivity index (χ0n) is 10.8. The van der Waals surface area contributed by atoms with Crippen LogP contribution in [0.1, 0.15) is 5.56 Å². The fraction of sp³-hybridized carbons (Fsp3) is 0.462. The third-order valence-corrected chi connectivity index (χ3v) is 2.79. The quantitative estimate of drug-likeness (QED) is 0.837. The van der Waals surface area contributed by atoms with E-state index in [1.54, 1.807) is 19.0 Å². The van der Waals surface area contributed by atoms with Crippen LogP contribution in [0.2, 0.25) is 0 Å². The van der Waals surface area contributed by atoms with Gasteiger partial charge in [-0.25, -0.2) is 0 Å². The Kier molecular flexibility index (Phi) is 4.52. The largest absolute Gasteiger partial charge is 0.480 e. The highest BCUT2D eigenvalue weighted by Crippen LogP contribution is 2.14. The summed E-state index contributed by atoms with van der Waals surface area (Å²) in [6.07, 6.45) is 0.524. The van der Waals surface area contributed by atoms with Gasteiger partial charge in [0, 0.05) is 19.8 Å². The molecule has 0 aliphatic heterocycles. The molecule has 1 rings (SSSR count). The topological polar surface area (TPSA) is 43.8 Å². The van der Waals surface area contributed by atoms with Gasteiger partial charge in [-0.15, -0.1) is 0 Å². The SMILES string of the molecule is CN(C)c1ccc(CC(C(=O)O)N(C)C)cc1. The minimum atomic E-state index is -0.785. The smallest absolute Gasteiger partial charge is 0.321 e. The minimum absolute atomic E-state index is 0.472. The van der Waals surface area contributed by atoms with Crippen molar-refractivity contribution in [1.82, 2.24) is 4.90 Å². The van der Waals surface area contributed by atoms with E-state index in [1.165, 1.54) is 0 Å². The van der Waals surface area contributed by atoms with Crippen molar-refractivity contribution >= 4 is 11.7 Å². The maximum absolute atomic E-state index is 11.1. The fourth-order valence-electron chi connectivity index (χ4n) is 1.64. The van der Waals surface area contributed by atoms with Gasteiger partial charge in [0.05, 0.1) is 0 Å². The third kappa shape index (κ3) is 3.75. The molecule has 0 heterocycles. The fourth-order valence-corrected chi connectivity index (χ4v) is 1.64. The van der Waals surface area contributed by atoms with E-state index in [2.05, 4.69) is 0 Å². The highest BCUT2D eigenvalue weighted by molar-refractivity contribution is 5.73. The van der Waals surface area contributed by atoms with Crippen molar-refractivity contribution < 1.29 is 9.90 Å². The molecule has 0 saturated heterocycles. The molecule has 94 valence electrons. The lowest BCUT2D eigenvalue weighted by molar-refractivity contribution is -0.142. The van der Waals surface area contributed by atoms with Gasteiger partial charge in [-0.05, 0) is 38.2 Å². The number of aliphatic carboxylic acids is 1. The van der Waals surface area contributed by atoms with Gasteiger partial charge in [-0.3, -0.25) is 9.69 Å². The van der Waals surface area contributed by atoms with Gasteiger partial charge in [0.15, 0.2) is 0 Å². The number of anilines is 1. The summed E-state index contributed by atoms with van der Waals surface area (Å²) < 4.78 is 0. The Balaban J connectivity index is 2.77. The summed E-state index contributed by atoms with van der Waals surface area (Å²) in [7, 11) is 7.53. The zero-order valence-corrected chi connectivity index (χ0v) is 10.8. The van der Waals surface area contributed by atoms with Crippen LogP contribution in [0.15, 0.2) is 24.3 Å². The van der Waals surface area contributed by atoms with Crippen LogP contribution in [-0.4, -0.2) is 50.2 Å². The summed E-state index contributed by atoms with van der Waals surface area (Å²) >= 11 is 0. The Morgan fingerprint density at radius 2 is 1.71 bits per heavy atom. The van der Waals surface area contributed by atoms with Crippen LogP contribution >= 0.6 is 0 Å². The minimum Gasteiger partial charge on any atom is -0.480 e. The summed E-state index contributed by atoms with van der Waals surface area (Å²) in [6.45, 7) is 0. The van der Waals surface area contributed by atoms with Crippen molar-refractivity contribution in [2.45, 2.75) is 12.5 Å². The van der Waals surface area contributed by atoms with E-state index in [4.69, 9.17) is 5.11 Å². The van der Waals surface area contributed by atoms with E-state index in [-0.39, 0.29) is 0 Å². The molecule has 0 aromatic heterocycles. The molecule has 1 atom stereocenters. The average molecular weight is 236 g/mol. The first-order valence-electron chi connectivity index (χ1n) is 5.57. The maximum Gasteiger partial charge on any atom is 0.321 e. The van der Waals surface area contributed by atoms with Crippen LogP contribution in [0.4, 0.5) is 5.69 Å². The molecule has 1 aromatic rings. The second-order valence-corrected chi connectivity index (χ2v) is 4.58. The van der Waals surface area contributed by atoms with E-state index in [1.807, 2.05) is 43.3 Å². The number of carboxylic acid groups (broad SMARTS) is 1. The molecule has 0 radical (unpaired) electrons. The van der Waals surface area contributed by atoms with Gasteiger partial charge in [-0.1, -0.05) is 12.1 Å². The average Bonchev–Trinajstić information content (AvgIpc) is 2.25. The van der Waals surface area contributed by atoms with Gasteiger partial charge < -0.3 is 10.0 Å². The highest BCUT2D eigenvalue weighted by atomic mass is 16.4. The molecule has 4 nitrogen and oxygen atoms in total. The summed E-state index contributed by atoms with van der Waals surface area (Å²) in [6, 6.07) is 7.50. The molecule has 4 heteroatoms. The molecule has 17 heavy (non-hydrogen) atoms. The second-order valence-electron chi connectivity index (χ2n) is 4.58. The first-order chi connectivity index (χ1) is 7.91. The number of hydrogen-bond acceptors (Lipinski definition) is 3. The van der Waals surface area contributed by atoms with Crippen LogP contribution in [0, 0.1) is 0 Å². The highest BCUT2D eigenvalue weighted by Gasteiger charge is 2.19. The monoisotopic (exact) mass is 236 g/mol. The predicted octanol–water partition coefficient (Wildman–Crippen LogP) is 1.31. The molecular weight excluding hydrogens is 216 g/mol. The Labute approximate surface area is 102 Å². The molecule has 0 fully saturated rings. The molecule has 1 aromatic carbocycles. The van der Waals surface area contributed by atoms with E-state index in [9.17, 15) is 4.79 Å². The molecule has 0 aliphatic carbocycles. The predicted molar refractivity (Wildman–Crippen MR) is 69.6 cm³/mol. The molecule has 1 N–H and O–H groups in total. The maximum atomic E-state index is 11.1. The first kappa shape index (κ1) is 13.5. The first-order valence-corrected chi connectivity index (χ1v) is 5.57. The lowest BCUT2D eigenvalue weighted by atomic mass is 10.0. The van der Waals surface area contributed by atoms with Crippen molar-refractivity contribution in [3.63, 3.8) is 0 Å². The lowest BCUT2D eigenvalue weighted by Gasteiger charge is -2.20. The van der Waals surface area contributed by atoms with E-state index < -0.39 is 12.0 Å². The van der Waals surface area contributed by atoms with Crippen LogP contribution in [0.3, 0.4) is 0 Å². The van der Waals surface area contributed by atoms with Crippen molar-refractivity contribution in [3.05, 3.63) is 29.8 Å². The van der Waals surface area contributed by atoms with Crippen LogP contribution in [-0.2, 0) is 11.2 Å². The van der Waals surface area contributed by atoms with Gasteiger partial charge in [0.2, 0.25) is 0 Å². The molecule has 0 amide bonds. The van der Waals surface area contributed by atoms with Crippen molar-refractivity contribution in [2.75, 3.05) is 33.1 Å². The molecular formula is C13H20N2O2. The molecule has 0 saturated carbocycles. The number of likely N-dealkylation sites (N-methyl/N-ethyl adjacent to an activating group) is 1. The number of hydrogen-bond donors (Lipinski definition) is 1. The Bertz CT molecular complexity index is 372. The Hall–Kier alpha value is -1.55. The number of carboxylic acids is 1. The zero-order chi connectivity index (χ0) is 13.0. The normalized spacial score (nSPS) is 12.5. The summed E-state index contributed by atoms with van der Waals surface area (Å²) in [4.78, 5) is 14.8. The number of rotatable bonds is 5. The number of carbonyl (C=O) groups is 1. The summed E-state index contributed by atoms with van der Waals surface area (Å²) in [5, 5.41) is 9.10. The van der Waals surface area contributed by atoms with Crippen LogP contribution < -0.4 is 4.90 Å². The van der Waals surface area contributed by atoms with Crippen LogP contribution in [0.5, 0.6) is 0 Å². The van der Waals surface area contributed by atoms with Gasteiger partial charge in [0.25, 0.3) is 0 Å². The molecule has 0 bridgehead atoms. The van der Waals surface area contributed by atoms with Crippen molar-refractivity contribution in [2.24, 2.45) is 0 Å². The van der Waals surface area contributed by atoms with E-state index >= 15 is 0 Å². The third-order valence-electron chi connectivity index (χ3n) is 2.79. The van der Waals surface area contributed by atoms with Gasteiger partial charge in [-0.2, -0.15) is 0 Å². The van der Waals surface area contributed by atoms with E-state index in [0.29, 0.717) is 6.42 Å².